The highest BCUT2D eigenvalue weighted by molar-refractivity contribution is 6.17. The van der Waals surface area contributed by atoms with E-state index in [1.54, 1.807) is 0 Å². The molecule has 32 heavy (non-hydrogen) atoms. The molecular formula is C30H28N2. The van der Waals surface area contributed by atoms with Gasteiger partial charge < -0.3 is 5.32 Å². The number of fused-ring (bicyclic) bond motifs is 1. The number of aryl methyl sites for hydroxylation is 3. The Morgan fingerprint density at radius 3 is 2.12 bits per heavy atom. The normalized spacial score (nSPS) is 15.7. The van der Waals surface area contributed by atoms with Crippen LogP contribution in [0.3, 0.4) is 0 Å². The molecule has 1 atom stereocenters. The Morgan fingerprint density at radius 2 is 1.41 bits per heavy atom. The molecule has 0 saturated heterocycles. The van der Waals surface area contributed by atoms with Crippen molar-refractivity contribution in [3.8, 4) is 0 Å². The third kappa shape index (κ3) is 3.97. The second-order valence-electron chi connectivity index (χ2n) is 8.55. The minimum Gasteiger partial charge on any atom is -0.377 e. The van der Waals surface area contributed by atoms with Gasteiger partial charge in [0.25, 0.3) is 0 Å². The summed E-state index contributed by atoms with van der Waals surface area (Å²) in [5.74, 6) is 0. The average Bonchev–Trinajstić information content (AvgIpc) is 2.84. The van der Waals surface area contributed by atoms with Gasteiger partial charge in [0.2, 0.25) is 0 Å². The summed E-state index contributed by atoms with van der Waals surface area (Å²) in [6.45, 7) is 4.27. The molecule has 1 unspecified atom stereocenters. The Labute approximate surface area is 190 Å². The van der Waals surface area contributed by atoms with E-state index in [1.807, 2.05) is 0 Å². The van der Waals surface area contributed by atoms with Crippen LogP contribution in [0.1, 0.15) is 45.8 Å². The number of para-hydroxylation sites is 2. The monoisotopic (exact) mass is 416 g/mol. The first kappa shape index (κ1) is 20.3. The fourth-order valence-corrected chi connectivity index (χ4v) is 4.63. The van der Waals surface area contributed by atoms with Crippen LogP contribution < -0.4 is 5.32 Å². The van der Waals surface area contributed by atoms with Gasteiger partial charge in [-0.25, -0.2) is 4.99 Å². The number of hydrogen-bond acceptors (Lipinski definition) is 2. The van der Waals surface area contributed by atoms with Crippen LogP contribution in [0.2, 0.25) is 0 Å². The SMILES string of the molecule is Cc1cccc(C)c1N=C(c1ccccc1)c1cccc2c1NC(c1ccccc1)CC2. The van der Waals surface area contributed by atoms with Gasteiger partial charge in [-0.05, 0) is 48.9 Å². The third-order valence-electron chi connectivity index (χ3n) is 6.34. The zero-order chi connectivity index (χ0) is 21.9. The molecule has 0 spiro atoms. The Kier molecular flexibility index (Phi) is 5.60. The number of anilines is 1. The maximum Gasteiger partial charge on any atom is 0.0802 e. The maximum atomic E-state index is 5.28. The molecule has 0 fully saturated rings. The highest BCUT2D eigenvalue weighted by Gasteiger charge is 2.23. The van der Waals surface area contributed by atoms with Crippen molar-refractivity contribution in [2.75, 3.05) is 5.32 Å². The first-order valence-electron chi connectivity index (χ1n) is 11.3. The Bertz CT molecular complexity index is 1240. The molecule has 1 aliphatic rings. The molecule has 0 radical (unpaired) electrons. The molecule has 0 aromatic heterocycles. The lowest BCUT2D eigenvalue weighted by molar-refractivity contribution is 0.667. The van der Waals surface area contributed by atoms with Gasteiger partial charge in [0.1, 0.15) is 0 Å². The van der Waals surface area contributed by atoms with Gasteiger partial charge >= 0.3 is 0 Å². The zero-order valence-electron chi connectivity index (χ0n) is 18.7. The van der Waals surface area contributed by atoms with Crippen LogP contribution in [0.25, 0.3) is 0 Å². The van der Waals surface area contributed by atoms with Crippen LogP contribution in [0.15, 0.2) is 102 Å². The minimum absolute atomic E-state index is 0.307. The summed E-state index contributed by atoms with van der Waals surface area (Å²) in [5, 5.41) is 3.87. The molecule has 2 nitrogen and oxygen atoms in total. The first-order valence-corrected chi connectivity index (χ1v) is 11.3. The summed E-state index contributed by atoms with van der Waals surface area (Å²) < 4.78 is 0. The topological polar surface area (TPSA) is 24.4 Å². The number of nitrogens with zero attached hydrogens (tertiary/aromatic N) is 1. The maximum absolute atomic E-state index is 5.28. The van der Waals surface area contributed by atoms with Crippen LogP contribution in [0.5, 0.6) is 0 Å². The number of rotatable bonds is 4. The standard InChI is InChI=1S/C30H28N2/c1-21-11-9-12-22(2)28(21)32-30(24-15-7-4-8-16-24)26-18-10-17-25-19-20-27(31-29(25)26)23-13-5-3-6-14-23/h3-18,27,31H,19-20H2,1-2H3. The second-order valence-corrected chi connectivity index (χ2v) is 8.55. The second kappa shape index (κ2) is 8.84. The quantitative estimate of drug-likeness (QED) is 0.341. The summed E-state index contributed by atoms with van der Waals surface area (Å²) in [5.41, 5.74) is 10.7. The van der Waals surface area contributed by atoms with Crippen molar-refractivity contribution in [3.63, 3.8) is 0 Å². The van der Waals surface area contributed by atoms with E-state index in [0.717, 1.165) is 35.4 Å². The van der Waals surface area contributed by atoms with Gasteiger partial charge in [0, 0.05) is 16.8 Å². The minimum atomic E-state index is 0.307. The number of benzene rings is 4. The van der Waals surface area contributed by atoms with E-state index in [4.69, 9.17) is 4.99 Å². The first-order chi connectivity index (χ1) is 15.7. The van der Waals surface area contributed by atoms with E-state index in [9.17, 15) is 0 Å². The fourth-order valence-electron chi connectivity index (χ4n) is 4.63. The molecule has 2 heteroatoms. The van der Waals surface area contributed by atoms with Crippen molar-refractivity contribution in [2.24, 2.45) is 4.99 Å². The molecular weight excluding hydrogens is 388 g/mol. The van der Waals surface area contributed by atoms with Crippen molar-refractivity contribution in [1.82, 2.24) is 0 Å². The van der Waals surface area contributed by atoms with Crippen molar-refractivity contribution in [2.45, 2.75) is 32.7 Å². The lowest BCUT2D eigenvalue weighted by Gasteiger charge is -2.30. The molecule has 158 valence electrons. The smallest absolute Gasteiger partial charge is 0.0802 e. The van der Waals surface area contributed by atoms with Crippen LogP contribution >= 0.6 is 0 Å². The highest BCUT2D eigenvalue weighted by Crippen LogP contribution is 2.37. The van der Waals surface area contributed by atoms with Crippen molar-refractivity contribution >= 4 is 17.1 Å². The molecule has 4 aromatic rings. The van der Waals surface area contributed by atoms with Crippen molar-refractivity contribution in [1.29, 1.82) is 0 Å². The Morgan fingerprint density at radius 1 is 0.750 bits per heavy atom. The third-order valence-corrected chi connectivity index (χ3v) is 6.34. The van der Waals surface area contributed by atoms with E-state index in [2.05, 4.69) is 116 Å². The fraction of sp³-hybridized carbons (Fsp3) is 0.167. The van der Waals surface area contributed by atoms with Crippen LogP contribution in [-0.2, 0) is 6.42 Å². The van der Waals surface area contributed by atoms with Gasteiger partial charge in [-0.15, -0.1) is 0 Å². The van der Waals surface area contributed by atoms with Gasteiger partial charge in [-0.1, -0.05) is 97.1 Å². The van der Waals surface area contributed by atoms with E-state index in [1.165, 1.54) is 27.9 Å². The Balaban J connectivity index is 1.67. The van der Waals surface area contributed by atoms with E-state index in [-0.39, 0.29) is 0 Å². The number of hydrogen-bond donors (Lipinski definition) is 1. The molecule has 4 aromatic carbocycles. The largest absolute Gasteiger partial charge is 0.377 e. The molecule has 1 heterocycles. The molecule has 5 rings (SSSR count). The predicted octanol–water partition coefficient (Wildman–Crippen LogP) is 7.57. The van der Waals surface area contributed by atoms with Crippen LogP contribution in [0.4, 0.5) is 11.4 Å². The zero-order valence-corrected chi connectivity index (χ0v) is 18.7. The Hall–Kier alpha value is -3.65. The van der Waals surface area contributed by atoms with Gasteiger partial charge in [-0.2, -0.15) is 0 Å². The summed E-state index contributed by atoms with van der Waals surface area (Å²) in [6, 6.07) is 34.6. The van der Waals surface area contributed by atoms with Crippen molar-refractivity contribution in [3.05, 3.63) is 130 Å². The van der Waals surface area contributed by atoms with Gasteiger partial charge in [0.05, 0.1) is 17.4 Å². The van der Waals surface area contributed by atoms with E-state index < -0.39 is 0 Å². The van der Waals surface area contributed by atoms with E-state index in [0.29, 0.717) is 6.04 Å². The van der Waals surface area contributed by atoms with Crippen LogP contribution in [0, 0.1) is 13.8 Å². The number of aliphatic imine (C=N–C) groups is 1. The van der Waals surface area contributed by atoms with Gasteiger partial charge in [-0.3, -0.25) is 0 Å². The average molecular weight is 417 g/mol. The lowest BCUT2D eigenvalue weighted by Crippen LogP contribution is -2.21. The van der Waals surface area contributed by atoms with Crippen LogP contribution in [-0.4, -0.2) is 5.71 Å². The van der Waals surface area contributed by atoms with Crippen molar-refractivity contribution < 1.29 is 0 Å². The highest BCUT2D eigenvalue weighted by atomic mass is 14.9. The van der Waals surface area contributed by atoms with E-state index >= 15 is 0 Å². The summed E-state index contributed by atoms with van der Waals surface area (Å²) >= 11 is 0. The molecule has 1 N–H and O–H groups in total. The predicted molar refractivity (Wildman–Crippen MR) is 135 cm³/mol. The molecule has 0 bridgehead atoms. The molecule has 0 amide bonds. The summed E-state index contributed by atoms with van der Waals surface area (Å²) in [6.07, 6.45) is 2.15. The molecule has 1 aliphatic heterocycles. The lowest BCUT2D eigenvalue weighted by atomic mass is 9.89. The number of nitrogens with one attached hydrogen (secondary N) is 1. The molecule has 0 aliphatic carbocycles. The molecule has 0 saturated carbocycles. The van der Waals surface area contributed by atoms with Gasteiger partial charge in [0.15, 0.2) is 0 Å². The summed E-state index contributed by atoms with van der Waals surface area (Å²) in [7, 11) is 0. The summed E-state index contributed by atoms with van der Waals surface area (Å²) in [4.78, 5) is 5.28.